The van der Waals surface area contributed by atoms with Crippen molar-refractivity contribution in [2.75, 3.05) is 13.8 Å². The molecule has 2 aromatic rings. The lowest BCUT2D eigenvalue weighted by Gasteiger charge is -2.30. The molecule has 0 spiro atoms. The van der Waals surface area contributed by atoms with E-state index >= 15 is 0 Å². The Hall–Kier alpha value is -3.60. The van der Waals surface area contributed by atoms with Crippen molar-refractivity contribution < 1.29 is 42.5 Å². The van der Waals surface area contributed by atoms with Crippen LogP contribution in [0, 0.1) is 0 Å². The average molecular weight is 542 g/mol. The number of amides is 1. The van der Waals surface area contributed by atoms with Crippen LogP contribution in [0.5, 0.6) is 11.5 Å². The number of phenols is 1. The lowest BCUT2D eigenvalue weighted by atomic mass is 10.0. The number of sulfone groups is 1. The summed E-state index contributed by atoms with van der Waals surface area (Å²) < 4.78 is 34.5. The quantitative estimate of drug-likeness (QED) is 0.382. The maximum absolute atomic E-state index is 12.4. The summed E-state index contributed by atoms with van der Waals surface area (Å²) in [6, 6.07) is 11.0. The molecule has 0 aliphatic carbocycles. The van der Waals surface area contributed by atoms with Crippen molar-refractivity contribution in [3.8, 4) is 11.5 Å². The molecule has 0 fully saturated rings. The predicted octanol–water partition coefficient (Wildman–Crippen LogP) is 4.50. The zero-order valence-corrected chi connectivity index (χ0v) is 23.8. The molecule has 11 heteroatoms. The molecule has 10 nitrogen and oxygen atoms in total. The number of nitrogens with zero attached hydrogens (tertiary/aromatic N) is 1. The Bertz CT molecular complexity index is 1080. The number of aromatic hydroxyl groups is 1. The van der Waals surface area contributed by atoms with Crippen LogP contribution in [0.1, 0.15) is 55.4 Å². The van der Waals surface area contributed by atoms with Gasteiger partial charge in [-0.05, 0) is 62.4 Å². The second-order valence-electron chi connectivity index (χ2n) is 7.31. The number of aliphatic carboxylic acids is 1. The van der Waals surface area contributed by atoms with Crippen molar-refractivity contribution >= 4 is 27.7 Å². The standard InChI is InChI=1S/C15H14O6S.C7H13NO3.2C2H6/c1-11(16)20-10-21-13-4-8-15(9-5-13)22(18,19)14-6-2-12(17)3-7-14;1-5(9)8(4)7(2,3)6(10)11;2*1-2/h2-9,17H,10H2,1H3;1-4H3,(H,10,11);2*1-2H3. The van der Waals surface area contributed by atoms with E-state index in [-0.39, 0.29) is 28.2 Å². The number of phenolic OH excluding ortho intramolecular Hbond substituents is 1. The maximum atomic E-state index is 12.4. The molecule has 0 bridgehead atoms. The van der Waals surface area contributed by atoms with Crippen LogP contribution in [0.4, 0.5) is 0 Å². The van der Waals surface area contributed by atoms with Crippen molar-refractivity contribution in [1.82, 2.24) is 4.90 Å². The first kappa shape index (κ1) is 35.6. The molecule has 2 rings (SSSR count). The number of likely N-dealkylation sites (N-methyl/N-ethyl adjacent to an activating group) is 1. The number of benzene rings is 2. The second-order valence-corrected chi connectivity index (χ2v) is 9.26. The van der Waals surface area contributed by atoms with Crippen LogP contribution in [-0.2, 0) is 29.0 Å². The van der Waals surface area contributed by atoms with Crippen LogP contribution in [0.25, 0.3) is 0 Å². The Balaban J connectivity index is 0. The fourth-order valence-corrected chi connectivity index (χ4v) is 3.45. The van der Waals surface area contributed by atoms with Crippen molar-refractivity contribution in [1.29, 1.82) is 0 Å². The fourth-order valence-electron chi connectivity index (χ4n) is 2.19. The summed E-state index contributed by atoms with van der Waals surface area (Å²) in [5, 5.41) is 17.9. The first-order valence-electron chi connectivity index (χ1n) is 11.6. The Kier molecular flexibility index (Phi) is 16.3. The molecule has 2 aromatic carbocycles. The van der Waals surface area contributed by atoms with E-state index in [0.717, 1.165) is 0 Å². The molecule has 0 atom stereocenters. The van der Waals surface area contributed by atoms with E-state index in [1.165, 1.54) is 88.2 Å². The van der Waals surface area contributed by atoms with Crippen LogP contribution in [0.3, 0.4) is 0 Å². The molecule has 0 radical (unpaired) electrons. The molecule has 0 unspecified atom stereocenters. The van der Waals surface area contributed by atoms with Gasteiger partial charge in [-0.3, -0.25) is 9.59 Å². The summed E-state index contributed by atoms with van der Waals surface area (Å²) >= 11 is 0. The third kappa shape index (κ3) is 11.8. The van der Waals surface area contributed by atoms with Crippen LogP contribution in [0.2, 0.25) is 0 Å². The zero-order valence-electron chi connectivity index (χ0n) is 22.9. The van der Waals surface area contributed by atoms with Gasteiger partial charge in [-0.25, -0.2) is 13.2 Å². The molecular weight excluding hydrogens is 502 g/mol. The maximum Gasteiger partial charge on any atom is 0.329 e. The number of hydrogen-bond acceptors (Lipinski definition) is 8. The third-order valence-electron chi connectivity index (χ3n) is 4.60. The second kappa shape index (κ2) is 17.0. The van der Waals surface area contributed by atoms with Gasteiger partial charge in [0.1, 0.15) is 17.0 Å². The topological polar surface area (TPSA) is 148 Å². The SMILES string of the molecule is CC.CC.CC(=O)N(C)C(C)(C)C(=O)O.CC(=O)OCOc1ccc(S(=O)(=O)c2ccc(O)cc2)cc1. The highest BCUT2D eigenvalue weighted by Crippen LogP contribution is 2.24. The van der Waals surface area contributed by atoms with E-state index in [2.05, 4.69) is 4.74 Å². The lowest BCUT2D eigenvalue weighted by Crippen LogP contribution is -2.49. The number of hydrogen-bond donors (Lipinski definition) is 2. The minimum atomic E-state index is -3.66. The molecule has 2 N–H and O–H groups in total. The molecule has 1 amide bonds. The van der Waals surface area contributed by atoms with Gasteiger partial charge in [0.2, 0.25) is 22.5 Å². The number of esters is 1. The minimum absolute atomic E-state index is 0.00632. The largest absolute Gasteiger partial charge is 0.508 e. The van der Waals surface area contributed by atoms with E-state index in [9.17, 15) is 27.9 Å². The molecule has 0 saturated heterocycles. The number of ether oxygens (including phenoxy) is 2. The minimum Gasteiger partial charge on any atom is -0.508 e. The molecule has 208 valence electrons. The van der Waals surface area contributed by atoms with Gasteiger partial charge in [0.15, 0.2) is 0 Å². The predicted molar refractivity (Wildman–Crippen MR) is 140 cm³/mol. The van der Waals surface area contributed by atoms with E-state index in [4.69, 9.17) is 9.84 Å². The Labute approximate surface area is 219 Å². The lowest BCUT2D eigenvalue weighted by molar-refractivity contribution is -0.154. The van der Waals surface area contributed by atoms with Crippen molar-refractivity contribution in [2.45, 2.75) is 70.7 Å². The van der Waals surface area contributed by atoms with Gasteiger partial charge in [-0.1, -0.05) is 27.7 Å². The molecule has 0 aliphatic rings. The van der Waals surface area contributed by atoms with Crippen LogP contribution >= 0.6 is 0 Å². The summed E-state index contributed by atoms with van der Waals surface area (Å²) in [6.07, 6.45) is 0. The van der Waals surface area contributed by atoms with Crippen molar-refractivity contribution in [3.63, 3.8) is 0 Å². The van der Waals surface area contributed by atoms with Crippen molar-refractivity contribution in [3.05, 3.63) is 48.5 Å². The number of rotatable bonds is 7. The monoisotopic (exact) mass is 541 g/mol. The van der Waals surface area contributed by atoms with E-state index in [0.29, 0.717) is 5.75 Å². The highest BCUT2D eigenvalue weighted by molar-refractivity contribution is 7.91. The summed E-state index contributed by atoms with van der Waals surface area (Å²) in [6.45, 7) is 13.3. The number of carboxylic acids is 1. The van der Waals surface area contributed by atoms with Gasteiger partial charge in [-0.15, -0.1) is 0 Å². The Morgan fingerprint density at radius 1 is 0.865 bits per heavy atom. The highest BCUT2D eigenvalue weighted by atomic mass is 32.2. The summed E-state index contributed by atoms with van der Waals surface area (Å²) in [5.74, 6) is -1.35. The highest BCUT2D eigenvalue weighted by Gasteiger charge is 2.33. The van der Waals surface area contributed by atoms with Gasteiger partial charge < -0.3 is 24.6 Å². The first-order chi connectivity index (χ1) is 17.2. The Morgan fingerprint density at radius 2 is 1.27 bits per heavy atom. The zero-order chi connectivity index (χ0) is 29.4. The van der Waals surface area contributed by atoms with Crippen LogP contribution in [-0.4, -0.2) is 60.8 Å². The smallest absolute Gasteiger partial charge is 0.329 e. The Morgan fingerprint density at radius 3 is 1.59 bits per heavy atom. The van der Waals surface area contributed by atoms with E-state index in [1.807, 2.05) is 27.7 Å². The third-order valence-corrected chi connectivity index (χ3v) is 6.39. The van der Waals surface area contributed by atoms with Gasteiger partial charge in [0, 0.05) is 20.9 Å². The number of carbonyl (C=O) groups is 3. The molecular formula is C26H39NO9S. The van der Waals surface area contributed by atoms with E-state index in [1.54, 1.807) is 0 Å². The average Bonchev–Trinajstić information content (AvgIpc) is 2.86. The molecule has 0 aliphatic heterocycles. The molecule has 37 heavy (non-hydrogen) atoms. The first-order valence-corrected chi connectivity index (χ1v) is 13.1. The van der Waals surface area contributed by atoms with Crippen LogP contribution < -0.4 is 4.74 Å². The number of carbonyl (C=O) groups excluding carboxylic acids is 2. The number of carboxylic acid groups (broad SMARTS) is 1. The normalized spacial score (nSPS) is 10.1. The van der Waals surface area contributed by atoms with Gasteiger partial charge in [0.25, 0.3) is 0 Å². The summed E-state index contributed by atoms with van der Waals surface area (Å²) in [7, 11) is -2.19. The summed E-state index contributed by atoms with van der Waals surface area (Å²) in [4.78, 5) is 33.3. The van der Waals surface area contributed by atoms with Crippen molar-refractivity contribution in [2.24, 2.45) is 0 Å². The molecule has 0 saturated carbocycles. The van der Waals surface area contributed by atoms with E-state index < -0.39 is 27.3 Å². The van der Waals surface area contributed by atoms with Gasteiger partial charge in [-0.2, -0.15) is 0 Å². The fraction of sp³-hybridized carbons (Fsp3) is 0.423. The van der Waals surface area contributed by atoms with Gasteiger partial charge >= 0.3 is 11.9 Å². The molecule has 0 aromatic heterocycles. The molecule has 0 heterocycles. The van der Waals surface area contributed by atoms with Gasteiger partial charge in [0.05, 0.1) is 9.79 Å². The summed E-state index contributed by atoms with van der Waals surface area (Å²) in [5.41, 5.74) is -1.12. The van der Waals surface area contributed by atoms with Crippen LogP contribution in [0.15, 0.2) is 58.3 Å².